The van der Waals surface area contributed by atoms with Gasteiger partial charge in [-0.25, -0.2) is 5.43 Å². The maximum atomic E-state index is 12.9. The van der Waals surface area contributed by atoms with Crippen molar-refractivity contribution in [2.45, 2.75) is 44.8 Å². The topological polar surface area (TPSA) is 86.3 Å². The van der Waals surface area contributed by atoms with Gasteiger partial charge in [-0.3, -0.25) is 9.36 Å². The molecule has 0 aliphatic heterocycles. The average molecular weight is 617 g/mol. The number of carbonyl (C=O) groups is 1. The second-order valence-corrected chi connectivity index (χ2v) is 12.7. The van der Waals surface area contributed by atoms with E-state index in [1.807, 2.05) is 34.9 Å². The molecule has 0 unspecified atom stereocenters. The lowest BCUT2D eigenvalue weighted by atomic mass is 9.87. The molecule has 0 atom stereocenters. The highest BCUT2D eigenvalue weighted by atomic mass is 32.2. The van der Waals surface area contributed by atoms with Gasteiger partial charge in [0.1, 0.15) is 5.75 Å². The molecule has 45 heavy (non-hydrogen) atoms. The summed E-state index contributed by atoms with van der Waals surface area (Å²) in [4.78, 5) is 12.9. The van der Waals surface area contributed by atoms with Gasteiger partial charge in [0.15, 0.2) is 11.0 Å². The number of carbonyl (C=O) groups excluding carboxylic acids is 1. The second kappa shape index (κ2) is 12.6. The first-order chi connectivity index (χ1) is 21.8. The molecule has 0 aliphatic carbocycles. The van der Waals surface area contributed by atoms with E-state index in [1.54, 1.807) is 13.3 Å². The molecule has 1 N–H and O–H groups in total. The number of aromatic nitrogens is 4. The summed E-state index contributed by atoms with van der Waals surface area (Å²) in [7, 11) is 1.64. The summed E-state index contributed by atoms with van der Waals surface area (Å²) in [5, 5.41) is 16.2. The van der Waals surface area contributed by atoms with Gasteiger partial charge in [0.2, 0.25) is 0 Å². The van der Waals surface area contributed by atoms with Crippen molar-refractivity contribution in [3.8, 4) is 22.8 Å². The maximum absolute atomic E-state index is 12.9. The van der Waals surface area contributed by atoms with Gasteiger partial charge in [-0.05, 0) is 65.9 Å². The standard InChI is InChI=1S/C36H36N6O2S/c1-6-41-31-10-8-7-9-29(31)30-21-24(11-20-32(30)41)22-37-38-33(43)23-45-35-40-39-34(25-12-14-26(15-13-25)36(2,3)4)42(35)27-16-18-28(44-5)19-17-27/h7-22H,6,23H2,1-5H3,(H,38,43). The van der Waals surface area contributed by atoms with Crippen molar-refractivity contribution in [2.75, 3.05) is 12.9 Å². The summed E-state index contributed by atoms with van der Waals surface area (Å²) in [6, 6.07) is 30.7. The molecule has 0 fully saturated rings. The molecule has 4 aromatic carbocycles. The predicted molar refractivity (Wildman–Crippen MR) is 184 cm³/mol. The van der Waals surface area contributed by atoms with Crippen LogP contribution >= 0.6 is 11.8 Å². The molecule has 0 bridgehead atoms. The minimum atomic E-state index is -0.236. The van der Waals surface area contributed by atoms with Crippen LogP contribution < -0.4 is 10.2 Å². The van der Waals surface area contributed by atoms with Crippen LogP contribution in [0.25, 0.3) is 38.9 Å². The second-order valence-electron chi connectivity index (χ2n) is 11.8. The Labute approximate surface area is 267 Å². The first-order valence-electron chi connectivity index (χ1n) is 14.9. The van der Waals surface area contributed by atoms with Gasteiger partial charge in [-0.1, -0.05) is 81.1 Å². The number of hydrogen-bond acceptors (Lipinski definition) is 6. The van der Waals surface area contributed by atoms with Crippen molar-refractivity contribution in [3.63, 3.8) is 0 Å². The molecule has 8 nitrogen and oxygen atoms in total. The zero-order valence-electron chi connectivity index (χ0n) is 26.1. The number of para-hydroxylation sites is 1. The maximum Gasteiger partial charge on any atom is 0.250 e. The number of rotatable bonds is 9. The lowest BCUT2D eigenvalue weighted by molar-refractivity contribution is -0.118. The highest BCUT2D eigenvalue weighted by molar-refractivity contribution is 7.99. The highest BCUT2D eigenvalue weighted by Gasteiger charge is 2.19. The fourth-order valence-electron chi connectivity index (χ4n) is 5.47. The van der Waals surface area contributed by atoms with E-state index in [-0.39, 0.29) is 17.1 Å². The quantitative estimate of drug-likeness (QED) is 0.103. The molecule has 0 spiro atoms. The smallest absolute Gasteiger partial charge is 0.250 e. The Hall–Kier alpha value is -4.89. The molecule has 0 saturated heterocycles. The molecule has 2 aromatic heterocycles. The van der Waals surface area contributed by atoms with Gasteiger partial charge in [0, 0.05) is 39.6 Å². The molecule has 2 heterocycles. The van der Waals surface area contributed by atoms with E-state index in [1.165, 1.54) is 39.1 Å². The van der Waals surface area contributed by atoms with Crippen LogP contribution in [0.1, 0.15) is 38.8 Å². The van der Waals surface area contributed by atoms with Gasteiger partial charge in [-0.2, -0.15) is 5.10 Å². The zero-order valence-corrected chi connectivity index (χ0v) is 26.9. The van der Waals surface area contributed by atoms with Gasteiger partial charge in [0.05, 0.1) is 19.1 Å². The Morgan fingerprint density at radius 3 is 2.38 bits per heavy atom. The number of nitrogens with one attached hydrogen (secondary N) is 1. The fourth-order valence-corrected chi connectivity index (χ4v) is 6.21. The van der Waals surface area contributed by atoms with Crippen LogP contribution in [0.4, 0.5) is 0 Å². The average Bonchev–Trinajstić information content (AvgIpc) is 3.62. The summed E-state index contributed by atoms with van der Waals surface area (Å²) in [5.41, 5.74) is 9.06. The molecular formula is C36H36N6O2S. The molecule has 1 amide bonds. The van der Waals surface area contributed by atoms with E-state index in [2.05, 4.69) is 114 Å². The van der Waals surface area contributed by atoms with Crippen LogP contribution in [0.5, 0.6) is 5.75 Å². The van der Waals surface area contributed by atoms with Gasteiger partial charge in [-0.15, -0.1) is 10.2 Å². The summed E-state index contributed by atoms with van der Waals surface area (Å²) in [6.45, 7) is 9.62. The van der Waals surface area contributed by atoms with Gasteiger partial charge in [0.25, 0.3) is 5.91 Å². The third-order valence-electron chi connectivity index (χ3n) is 7.82. The lowest BCUT2D eigenvalue weighted by Crippen LogP contribution is -2.20. The van der Waals surface area contributed by atoms with Crippen LogP contribution in [0.15, 0.2) is 101 Å². The normalized spacial score (nSPS) is 11.9. The molecule has 6 aromatic rings. The number of hydrazone groups is 1. The Balaban J connectivity index is 1.19. The summed E-state index contributed by atoms with van der Waals surface area (Å²) < 4.78 is 9.63. The molecule has 0 saturated carbocycles. The van der Waals surface area contributed by atoms with E-state index in [9.17, 15) is 4.79 Å². The minimum Gasteiger partial charge on any atom is -0.497 e. The number of ether oxygens (including phenoxy) is 1. The molecule has 0 aliphatic rings. The van der Waals surface area contributed by atoms with Crippen molar-refractivity contribution in [3.05, 3.63) is 102 Å². The number of amides is 1. The number of hydrogen-bond donors (Lipinski definition) is 1. The van der Waals surface area contributed by atoms with Crippen molar-refractivity contribution >= 4 is 45.7 Å². The summed E-state index contributed by atoms with van der Waals surface area (Å²) >= 11 is 1.31. The van der Waals surface area contributed by atoms with E-state index in [0.29, 0.717) is 11.0 Å². The Bertz CT molecular complexity index is 2000. The fraction of sp³-hybridized carbons (Fsp3) is 0.222. The van der Waals surface area contributed by atoms with Crippen molar-refractivity contribution in [1.29, 1.82) is 0 Å². The van der Waals surface area contributed by atoms with Crippen molar-refractivity contribution < 1.29 is 9.53 Å². The van der Waals surface area contributed by atoms with Crippen LogP contribution in [0, 0.1) is 0 Å². The molecular weight excluding hydrogens is 581 g/mol. The molecule has 228 valence electrons. The third-order valence-corrected chi connectivity index (χ3v) is 8.75. The van der Waals surface area contributed by atoms with Crippen LogP contribution in [-0.2, 0) is 16.8 Å². The van der Waals surface area contributed by atoms with Gasteiger partial charge < -0.3 is 9.30 Å². The SMILES string of the molecule is CCn1c2ccccc2c2cc(C=NNC(=O)CSc3nnc(-c4ccc(C(C)(C)C)cc4)n3-c3ccc(OC)cc3)ccc21. The highest BCUT2D eigenvalue weighted by Crippen LogP contribution is 2.31. The number of benzene rings is 4. The lowest BCUT2D eigenvalue weighted by Gasteiger charge is -2.19. The van der Waals surface area contributed by atoms with Crippen LogP contribution in [0.3, 0.4) is 0 Å². The van der Waals surface area contributed by atoms with E-state index in [4.69, 9.17) is 4.74 Å². The Kier molecular flexibility index (Phi) is 8.45. The predicted octanol–water partition coefficient (Wildman–Crippen LogP) is 7.61. The molecule has 0 radical (unpaired) electrons. The van der Waals surface area contributed by atoms with Crippen LogP contribution in [-0.4, -0.2) is 44.3 Å². The summed E-state index contributed by atoms with van der Waals surface area (Å²) in [6.07, 6.45) is 1.68. The van der Waals surface area contributed by atoms with E-state index >= 15 is 0 Å². The molecule has 6 rings (SSSR count). The summed E-state index contributed by atoms with van der Waals surface area (Å²) in [5.74, 6) is 1.34. The molecule has 9 heteroatoms. The number of aryl methyl sites for hydroxylation is 1. The largest absolute Gasteiger partial charge is 0.497 e. The van der Waals surface area contributed by atoms with Crippen molar-refractivity contribution in [2.24, 2.45) is 5.10 Å². The Morgan fingerprint density at radius 1 is 0.933 bits per heavy atom. The van der Waals surface area contributed by atoms with E-state index in [0.717, 1.165) is 29.1 Å². The monoisotopic (exact) mass is 616 g/mol. The Morgan fingerprint density at radius 2 is 1.67 bits per heavy atom. The first-order valence-corrected chi connectivity index (χ1v) is 15.9. The number of thioether (sulfide) groups is 1. The first kappa shape index (κ1) is 30.1. The number of nitrogens with zero attached hydrogens (tertiary/aromatic N) is 5. The van der Waals surface area contributed by atoms with Gasteiger partial charge >= 0.3 is 0 Å². The number of methoxy groups -OCH3 is 1. The third kappa shape index (κ3) is 6.21. The zero-order chi connectivity index (χ0) is 31.6. The van der Waals surface area contributed by atoms with Crippen LogP contribution in [0.2, 0.25) is 0 Å². The number of fused-ring (bicyclic) bond motifs is 3. The van der Waals surface area contributed by atoms with E-state index < -0.39 is 0 Å². The van der Waals surface area contributed by atoms with Crippen molar-refractivity contribution in [1.82, 2.24) is 24.8 Å². The minimum absolute atomic E-state index is 0.0429.